The normalized spacial score (nSPS) is 28.0. The number of carbonyl (C=O) groups excluding carboxylic acids is 5. The van der Waals surface area contributed by atoms with Crippen LogP contribution < -0.4 is 16.8 Å². The highest BCUT2D eigenvalue weighted by molar-refractivity contribution is 6.37. The lowest BCUT2D eigenvalue weighted by atomic mass is 9.73. The Bertz CT molecular complexity index is 1110. The summed E-state index contributed by atoms with van der Waals surface area (Å²) in [7, 11) is 0. The van der Waals surface area contributed by atoms with E-state index in [-0.39, 0.29) is 46.7 Å². The van der Waals surface area contributed by atoms with Crippen LogP contribution in [0.3, 0.4) is 0 Å². The van der Waals surface area contributed by atoms with Gasteiger partial charge in [-0.05, 0) is 61.7 Å². The molecule has 0 radical (unpaired) electrons. The molecular formula is C32H52N4O5. The van der Waals surface area contributed by atoms with Crippen LogP contribution in [0.15, 0.2) is 0 Å². The third-order valence-corrected chi connectivity index (χ3v) is 11.5. The second kappa shape index (κ2) is 10.5. The van der Waals surface area contributed by atoms with E-state index >= 15 is 0 Å². The van der Waals surface area contributed by atoms with Crippen molar-refractivity contribution < 1.29 is 24.0 Å². The summed E-state index contributed by atoms with van der Waals surface area (Å²) < 4.78 is 0. The molecule has 4 atom stereocenters. The molecule has 41 heavy (non-hydrogen) atoms. The number of carbonyl (C=O) groups is 5. The minimum absolute atomic E-state index is 0.0309. The van der Waals surface area contributed by atoms with Gasteiger partial charge in [-0.2, -0.15) is 0 Å². The van der Waals surface area contributed by atoms with Crippen LogP contribution in [0, 0.1) is 33.5 Å². The van der Waals surface area contributed by atoms with Crippen LogP contribution in [0.4, 0.5) is 0 Å². The van der Waals surface area contributed by atoms with Crippen LogP contribution in [-0.2, 0) is 24.0 Å². The number of Topliss-reactive ketones (excluding diaryl/α,β-unsaturated/α-hetero) is 2. The zero-order valence-electron chi connectivity index (χ0n) is 26.2. The van der Waals surface area contributed by atoms with Crippen molar-refractivity contribution in [3.05, 3.63) is 0 Å². The molecule has 1 unspecified atom stereocenters. The quantitative estimate of drug-likeness (QED) is 0.323. The number of nitrogens with zero attached hydrogens (tertiary/aromatic N) is 1. The first kappa shape index (κ1) is 31.6. The van der Waals surface area contributed by atoms with E-state index < -0.39 is 46.6 Å². The molecule has 9 heteroatoms. The lowest BCUT2D eigenvalue weighted by Gasteiger charge is -2.36. The van der Waals surface area contributed by atoms with Crippen molar-refractivity contribution in [3.8, 4) is 0 Å². The van der Waals surface area contributed by atoms with Gasteiger partial charge in [-0.15, -0.1) is 0 Å². The number of amides is 3. The number of rotatable bonds is 11. The third-order valence-electron chi connectivity index (χ3n) is 11.5. The Hall–Kier alpha value is -2.29. The molecule has 3 amide bonds. The maximum Gasteiger partial charge on any atom is 0.287 e. The zero-order valence-corrected chi connectivity index (χ0v) is 26.2. The van der Waals surface area contributed by atoms with E-state index in [1.165, 1.54) is 0 Å². The zero-order chi connectivity index (χ0) is 30.8. The van der Waals surface area contributed by atoms with Gasteiger partial charge in [0.2, 0.25) is 17.6 Å². The van der Waals surface area contributed by atoms with Crippen LogP contribution >= 0.6 is 0 Å². The highest BCUT2D eigenvalue weighted by Crippen LogP contribution is 2.88. The minimum Gasteiger partial charge on any atom is -0.363 e. The topological polar surface area (TPSA) is 153 Å². The van der Waals surface area contributed by atoms with Crippen LogP contribution in [0.2, 0.25) is 0 Å². The second-order valence-corrected chi connectivity index (χ2v) is 16.0. The SMILES string of the molecule is CC(C)(N)CC(=O)C[C@H](C(=O)N1C[C@]2(C[C@H]1C(=O)NC(CC1CCC1)C(=O)C(N)=O)C(C)(C)C21CCC1)C(C)(C)C. The molecule has 2 spiro atoms. The van der Waals surface area contributed by atoms with Gasteiger partial charge in [0.1, 0.15) is 11.8 Å². The third kappa shape index (κ3) is 5.48. The minimum atomic E-state index is -1.06. The average Bonchev–Trinajstić information content (AvgIpc) is 3.01. The summed E-state index contributed by atoms with van der Waals surface area (Å²) in [5.74, 6) is -2.90. The number of hydrogen-bond donors (Lipinski definition) is 3. The van der Waals surface area contributed by atoms with Gasteiger partial charge >= 0.3 is 0 Å². The van der Waals surface area contributed by atoms with Crippen LogP contribution in [0.25, 0.3) is 0 Å². The van der Waals surface area contributed by atoms with Crippen LogP contribution in [-0.4, -0.2) is 58.4 Å². The number of hydrogen-bond acceptors (Lipinski definition) is 6. The maximum atomic E-state index is 14.4. The van der Waals surface area contributed by atoms with Crippen molar-refractivity contribution in [2.45, 2.75) is 130 Å². The predicted octanol–water partition coefficient (Wildman–Crippen LogP) is 3.26. The largest absolute Gasteiger partial charge is 0.363 e. The van der Waals surface area contributed by atoms with Gasteiger partial charge in [0.05, 0.1) is 6.04 Å². The molecule has 1 saturated heterocycles. The molecule has 3 aliphatic carbocycles. The molecule has 5 N–H and O–H groups in total. The van der Waals surface area contributed by atoms with E-state index in [0.717, 1.165) is 38.5 Å². The van der Waals surface area contributed by atoms with Crippen molar-refractivity contribution in [1.82, 2.24) is 10.2 Å². The predicted molar refractivity (Wildman–Crippen MR) is 156 cm³/mol. The van der Waals surface area contributed by atoms with Gasteiger partial charge in [-0.25, -0.2) is 0 Å². The Morgan fingerprint density at radius 3 is 2.00 bits per heavy atom. The van der Waals surface area contributed by atoms with E-state index in [1.54, 1.807) is 18.7 Å². The Labute approximate surface area is 245 Å². The summed E-state index contributed by atoms with van der Waals surface area (Å²) in [5.41, 5.74) is 10.1. The molecule has 0 aromatic rings. The van der Waals surface area contributed by atoms with E-state index in [4.69, 9.17) is 11.5 Å². The van der Waals surface area contributed by atoms with Gasteiger partial charge in [0.25, 0.3) is 5.91 Å². The number of ketones is 2. The lowest BCUT2D eigenvalue weighted by Crippen LogP contribution is -2.55. The van der Waals surface area contributed by atoms with E-state index in [0.29, 0.717) is 19.4 Å². The number of primary amides is 1. The van der Waals surface area contributed by atoms with E-state index in [9.17, 15) is 24.0 Å². The van der Waals surface area contributed by atoms with Crippen LogP contribution in [0.5, 0.6) is 0 Å². The van der Waals surface area contributed by atoms with Gasteiger partial charge in [-0.3, -0.25) is 24.0 Å². The summed E-state index contributed by atoms with van der Waals surface area (Å²) in [4.78, 5) is 67.8. The van der Waals surface area contributed by atoms with E-state index in [1.807, 2.05) is 20.8 Å². The first-order chi connectivity index (χ1) is 18.8. The molecule has 230 valence electrons. The fourth-order valence-electron chi connectivity index (χ4n) is 8.57. The monoisotopic (exact) mass is 572 g/mol. The molecule has 3 saturated carbocycles. The Morgan fingerprint density at radius 2 is 1.59 bits per heavy atom. The summed E-state index contributed by atoms with van der Waals surface area (Å²) in [6.45, 7) is 14.4. The number of nitrogens with one attached hydrogen (secondary N) is 1. The molecule has 4 aliphatic rings. The van der Waals surface area contributed by atoms with Gasteiger partial charge in [0, 0.05) is 36.3 Å². The Morgan fingerprint density at radius 1 is 0.976 bits per heavy atom. The standard InChI is InChI=1S/C32H52N4O5/c1-28(2,3)21(15-20(37)16-29(4,5)34)27(41)36-18-32(30(6,7)31(32)12-9-13-31)17-23(36)26(40)35-22(24(38)25(33)39)14-19-10-8-11-19/h19,21-23H,8-18,34H2,1-7H3,(H2,33,39)(H,35,40)/t21-,22?,23+,32-/m1/s1. The van der Waals surface area contributed by atoms with E-state index in [2.05, 4.69) is 19.2 Å². The summed E-state index contributed by atoms with van der Waals surface area (Å²) in [6, 6.07) is -1.77. The van der Waals surface area contributed by atoms with Crippen LogP contribution in [0.1, 0.15) is 113 Å². The van der Waals surface area contributed by atoms with Crippen molar-refractivity contribution in [2.75, 3.05) is 6.54 Å². The first-order valence-electron chi connectivity index (χ1n) is 15.5. The molecule has 0 bridgehead atoms. The molecule has 1 heterocycles. The van der Waals surface area contributed by atoms with Crippen molar-refractivity contribution in [1.29, 1.82) is 0 Å². The van der Waals surface area contributed by atoms with Crippen molar-refractivity contribution >= 4 is 29.3 Å². The maximum absolute atomic E-state index is 14.4. The molecule has 0 aromatic carbocycles. The summed E-state index contributed by atoms with van der Waals surface area (Å²) >= 11 is 0. The van der Waals surface area contributed by atoms with Crippen molar-refractivity contribution in [2.24, 2.45) is 45.0 Å². The number of fused-ring (bicyclic) bond motifs is 1. The molecule has 4 rings (SSSR count). The highest BCUT2D eigenvalue weighted by Gasteiger charge is 2.85. The fourth-order valence-corrected chi connectivity index (χ4v) is 8.57. The molecule has 4 fully saturated rings. The molecule has 0 aromatic heterocycles. The smallest absolute Gasteiger partial charge is 0.287 e. The Balaban J connectivity index is 1.63. The molecule has 9 nitrogen and oxygen atoms in total. The molecular weight excluding hydrogens is 520 g/mol. The highest BCUT2D eigenvalue weighted by atomic mass is 16.2. The number of likely N-dealkylation sites (tertiary alicyclic amines) is 1. The van der Waals surface area contributed by atoms with Gasteiger partial charge < -0.3 is 21.7 Å². The Kier molecular flexibility index (Phi) is 8.07. The van der Waals surface area contributed by atoms with Crippen molar-refractivity contribution in [3.63, 3.8) is 0 Å². The second-order valence-electron chi connectivity index (χ2n) is 16.0. The molecule has 1 aliphatic heterocycles. The fraction of sp³-hybridized carbons (Fsp3) is 0.844. The average molecular weight is 573 g/mol. The van der Waals surface area contributed by atoms with Gasteiger partial charge in [0.15, 0.2) is 0 Å². The number of nitrogens with two attached hydrogens (primary N) is 2. The summed E-state index contributed by atoms with van der Waals surface area (Å²) in [6.07, 6.45) is 7.37. The summed E-state index contributed by atoms with van der Waals surface area (Å²) in [5, 5.41) is 2.86. The van der Waals surface area contributed by atoms with Gasteiger partial charge in [-0.1, -0.05) is 60.3 Å². The first-order valence-corrected chi connectivity index (χ1v) is 15.5. The lowest BCUT2D eigenvalue weighted by molar-refractivity contribution is -0.147.